The number of alkyl halides is 3. The van der Waals surface area contributed by atoms with Gasteiger partial charge in [0.2, 0.25) is 0 Å². The van der Waals surface area contributed by atoms with E-state index in [0.717, 1.165) is 35.9 Å². The van der Waals surface area contributed by atoms with E-state index < -0.39 is 17.6 Å². The number of aromatic nitrogens is 3. The van der Waals surface area contributed by atoms with Crippen LogP contribution < -0.4 is 5.32 Å². The van der Waals surface area contributed by atoms with Crippen LogP contribution in [0.1, 0.15) is 28.9 Å². The zero-order valence-electron chi connectivity index (χ0n) is 14.0. The maximum absolute atomic E-state index is 13.3. The first-order chi connectivity index (χ1) is 12.9. The molecule has 4 rings (SSSR count). The van der Waals surface area contributed by atoms with E-state index in [2.05, 4.69) is 15.3 Å². The van der Waals surface area contributed by atoms with Gasteiger partial charge in [-0.3, -0.25) is 9.20 Å². The molecular weight excluding hydrogens is 365 g/mol. The number of pyridine rings is 1. The second-order valence-corrected chi connectivity index (χ2v) is 6.19. The highest BCUT2D eigenvalue weighted by atomic mass is 19.4. The summed E-state index contributed by atoms with van der Waals surface area (Å²) in [5.41, 5.74) is -0.662. The minimum Gasteiger partial charge on any atom is -0.443 e. The molecule has 1 aliphatic heterocycles. The van der Waals surface area contributed by atoms with Gasteiger partial charge in [-0.25, -0.2) is 9.97 Å². The molecule has 1 amide bonds. The summed E-state index contributed by atoms with van der Waals surface area (Å²) in [6.45, 7) is 0.936. The van der Waals surface area contributed by atoms with E-state index in [0.29, 0.717) is 13.2 Å². The first-order valence-corrected chi connectivity index (χ1v) is 8.30. The van der Waals surface area contributed by atoms with Crippen molar-refractivity contribution < 1.29 is 27.1 Å². The number of oxazole rings is 1. The van der Waals surface area contributed by atoms with Gasteiger partial charge in [0.1, 0.15) is 11.3 Å². The Kier molecular flexibility index (Phi) is 4.34. The zero-order valence-corrected chi connectivity index (χ0v) is 14.0. The molecule has 0 radical (unpaired) electrons. The Morgan fingerprint density at radius 2 is 2.22 bits per heavy atom. The van der Waals surface area contributed by atoms with Gasteiger partial charge in [0.25, 0.3) is 5.91 Å². The highest BCUT2D eigenvalue weighted by Gasteiger charge is 2.33. The lowest BCUT2D eigenvalue weighted by Gasteiger charge is -2.12. The molecule has 1 N–H and O–H groups in total. The van der Waals surface area contributed by atoms with E-state index in [1.165, 1.54) is 12.4 Å². The summed E-state index contributed by atoms with van der Waals surface area (Å²) in [7, 11) is 0. The Bertz CT molecular complexity index is 960. The minimum atomic E-state index is -4.60. The fourth-order valence-corrected chi connectivity index (χ4v) is 3.04. The topological polar surface area (TPSA) is 81.7 Å². The van der Waals surface area contributed by atoms with Crippen molar-refractivity contribution in [3.05, 3.63) is 42.3 Å². The third kappa shape index (κ3) is 3.39. The molecule has 3 aromatic heterocycles. The number of fused-ring (bicyclic) bond motifs is 1. The number of rotatable bonds is 4. The van der Waals surface area contributed by atoms with Crippen molar-refractivity contribution in [3.8, 4) is 11.3 Å². The standard InChI is InChI=1S/C17H15F3N4O3/c18-17(19,20)10-4-12(14-7-21-9-27-14)15-22-6-13(24(15)8-10)16(25)23-5-11-2-1-3-26-11/h4,6-9,11H,1-3,5H2,(H,23,25). The van der Waals surface area contributed by atoms with Gasteiger partial charge >= 0.3 is 6.18 Å². The average Bonchev–Trinajstić information content (AvgIpc) is 3.39. The Morgan fingerprint density at radius 1 is 1.37 bits per heavy atom. The van der Waals surface area contributed by atoms with Gasteiger partial charge in [0.15, 0.2) is 12.2 Å². The molecule has 27 heavy (non-hydrogen) atoms. The summed E-state index contributed by atoms with van der Waals surface area (Å²) in [4.78, 5) is 20.3. The van der Waals surface area contributed by atoms with Crippen LogP contribution in [0.25, 0.3) is 17.0 Å². The van der Waals surface area contributed by atoms with Crippen molar-refractivity contribution in [2.24, 2.45) is 0 Å². The largest absolute Gasteiger partial charge is 0.443 e. The van der Waals surface area contributed by atoms with Crippen molar-refractivity contribution in [1.29, 1.82) is 0 Å². The maximum Gasteiger partial charge on any atom is 0.417 e. The van der Waals surface area contributed by atoms with Crippen molar-refractivity contribution in [2.45, 2.75) is 25.1 Å². The van der Waals surface area contributed by atoms with Gasteiger partial charge in [0.05, 0.1) is 29.6 Å². The molecule has 4 heterocycles. The molecule has 3 aromatic rings. The van der Waals surface area contributed by atoms with E-state index in [4.69, 9.17) is 9.15 Å². The van der Waals surface area contributed by atoms with Crippen LogP contribution >= 0.6 is 0 Å². The smallest absolute Gasteiger partial charge is 0.417 e. The lowest BCUT2D eigenvalue weighted by Crippen LogP contribution is -2.32. The van der Waals surface area contributed by atoms with E-state index in [9.17, 15) is 18.0 Å². The SMILES string of the molecule is O=C(NCC1CCCO1)c1cnc2c(-c3cnco3)cc(C(F)(F)F)cn12. The van der Waals surface area contributed by atoms with Gasteiger partial charge in [-0.15, -0.1) is 0 Å². The van der Waals surface area contributed by atoms with Crippen LogP contribution in [0.4, 0.5) is 13.2 Å². The number of nitrogens with one attached hydrogen (secondary N) is 1. The van der Waals surface area contributed by atoms with Crippen molar-refractivity contribution >= 4 is 11.6 Å². The third-order valence-electron chi connectivity index (χ3n) is 4.38. The van der Waals surface area contributed by atoms with Gasteiger partial charge in [-0.2, -0.15) is 13.2 Å². The molecule has 1 atom stereocenters. The van der Waals surface area contributed by atoms with Crippen LogP contribution in [0.15, 0.2) is 35.5 Å². The fourth-order valence-electron chi connectivity index (χ4n) is 3.04. The van der Waals surface area contributed by atoms with E-state index in [-0.39, 0.29) is 28.8 Å². The van der Waals surface area contributed by atoms with E-state index in [1.807, 2.05) is 0 Å². The van der Waals surface area contributed by atoms with Crippen LogP contribution in [0.5, 0.6) is 0 Å². The quantitative estimate of drug-likeness (QED) is 0.753. The number of halogens is 3. The normalized spacial score (nSPS) is 17.5. The fraction of sp³-hybridized carbons (Fsp3) is 0.353. The molecule has 0 bridgehead atoms. The number of carbonyl (C=O) groups is 1. The van der Waals surface area contributed by atoms with Crippen LogP contribution in [0.3, 0.4) is 0 Å². The number of carbonyl (C=O) groups excluding carboxylic acids is 1. The molecule has 142 valence electrons. The predicted octanol–water partition coefficient (Wildman–Crippen LogP) is 2.92. The number of imidazole rings is 1. The Labute approximate surface area is 151 Å². The average molecular weight is 380 g/mol. The lowest BCUT2D eigenvalue weighted by molar-refractivity contribution is -0.137. The summed E-state index contributed by atoms with van der Waals surface area (Å²) in [6, 6.07) is 0.927. The number of hydrogen-bond acceptors (Lipinski definition) is 5. The summed E-state index contributed by atoms with van der Waals surface area (Å²) < 4.78 is 51.7. The molecule has 7 nitrogen and oxygen atoms in total. The Hall–Kier alpha value is -2.88. The van der Waals surface area contributed by atoms with Crippen molar-refractivity contribution in [2.75, 3.05) is 13.2 Å². The number of amides is 1. The lowest BCUT2D eigenvalue weighted by atomic mass is 10.1. The molecule has 0 aliphatic carbocycles. The molecule has 0 saturated carbocycles. The summed E-state index contributed by atoms with van der Waals surface area (Å²) in [5.74, 6) is -0.399. The van der Waals surface area contributed by atoms with Crippen LogP contribution in [0, 0.1) is 0 Å². The maximum atomic E-state index is 13.3. The van der Waals surface area contributed by atoms with E-state index >= 15 is 0 Å². The molecule has 1 aliphatic rings. The minimum absolute atomic E-state index is 0.00476. The zero-order chi connectivity index (χ0) is 19.0. The van der Waals surface area contributed by atoms with Gasteiger partial charge in [-0.1, -0.05) is 0 Å². The predicted molar refractivity (Wildman–Crippen MR) is 87.0 cm³/mol. The second-order valence-electron chi connectivity index (χ2n) is 6.19. The first kappa shape index (κ1) is 17.5. The Balaban J connectivity index is 1.73. The third-order valence-corrected chi connectivity index (χ3v) is 4.38. The highest BCUT2D eigenvalue weighted by molar-refractivity contribution is 5.94. The van der Waals surface area contributed by atoms with Crippen LogP contribution in [0.2, 0.25) is 0 Å². The highest BCUT2D eigenvalue weighted by Crippen LogP contribution is 2.34. The van der Waals surface area contributed by atoms with E-state index in [1.54, 1.807) is 0 Å². The van der Waals surface area contributed by atoms with Crippen molar-refractivity contribution in [1.82, 2.24) is 19.7 Å². The van der Waals surface area contributed by atoms with Crippen LogP contribution in [-0.4, -0.2) is 39.5 Å². The first-order valence-electron chi connectivity index (χ1n) is 8.30. The molecule has 1 saturated heterocycles. The molecule has 10 heteroatoms. The summed E-state index contributed by atoms with van der Waals surface area (Å²) in [5, 5.41) is 2.69. The molecule has 1 fully saturated rings. The summed E-state index contributed by atoms with van der Waals surface area (Å²) in [6.07, 6.45) is 1.57. The summed E-state index contributed by atoms with van der Waals surface area (Å²) >= 11 is 0. The van der Waals surface area contributed by atoms with Crippen LogP contribution in [-0.2, 0) is 10.9 Å². The van der Waals surface area contributed by atoms with Gasteiger partial charge in [-0.05, 0) is 18.9 Å². The molecule has 0 aromatic carbocycles. The van der Waals surface area contributed by atoms with Crippen molar-refractivity contribution in [3.63, 3.8) is 0 Å². The Morgan fingerprint density at radius 3 is 2.89 bits per heavy atom. The van der Waals surface area contributed by atoms with Gasteiger partial charge < -0.3 is 14.5 Å². The second kappa shape index (κ2) is 6.69. The molecule has 0 spiro atoms. The number of nitrogens with zero attached hydrogens (tertiary/aromatic N) is 3. The number of ether oxygens (including phenoxy) is 1. The van der Waals surface area contributed by atoms with Gasteiger partial charge in [0, 0.05) is 19.3 Å². The monoisotopic (exact) mass is 380 g/mol. The molecule has 1 unspecified atom stereocenters. The number of hydrogen-bond donors (Lipinski definition) is 1. The molecular formula is C17H15F3N4O3.